The number of nitrogens with two attached hydrogens (primary N) is 1. The third kappa shape index (κ3) is 2.82. The number of carbonyl (C=O) groups is 1. The van der Waals surface area contributed by atoms with Crippen LogP contribution in [-0.2, 0) is 16.0 Å². The summed E-state index contributed by atoms with van der Waals surface area (Å²) >= 11 is 0. The molecule has 2 rings (SSSR count). The second kappa shape index (κ2) is 4.61. The summed E-state index contributed by atoms with van der Waals surface area (Å²) in [4.78, 5) is 12.2. The lowest BCUT2D eigenvalue weighted by atomic mass is 9.93. The highest BCUT2D eigenvalue weighted by molar-refractivity contribution is 5.79. The van der Waals surface area contributed by atoms with Crippen LogP contribution in [-0.4, -0.2) is 18.1 Å². The third-order valence-corrected chi connectivity index (χ3v) is 2.87. The van der Waals surface area contributed by atoms with Crippen LogP contribution in [0.15, 0.2) is 18.2 Å². The molecule has 0 saturated carbocycles. The number of rotatable bonds is 1. The largest absolute Gasteiger partial charge is 0.459 e. The molecule has 0 radical (unpaired) electrons. The van der Waals surface area contributed by atoms with Crippen molar-refractivity contribution >= 4 is 11.7 Å². The Hall–Kier alpha value is -1.55. The minimum Gasteiger partial charge on any atom is -0.459 e. The monoisotopic (exact) mass is 248 g/mol. The second-order valence-corrected chi connectivity index (χ2v) is 5.63. The lowest BCUT2D eigenvalue weighted by Crippen LogP contribution is -2.39. The average molecular weight is 248 g/mol. The van der Waals surface area contributed by atoms with Crippen LogP contribution in [0.25, 0.3) is 0 Å². The number of ether oxygens (including phenoxy) is 1. The molecule has 1 aromatic rings. The third-order valence-electron chi connectivity index (χ3n) is 2.87. The Balaban J connectivity index is 2.27. The van der Waals surface area contributed by atoms with Gasteiger partial charge in [0.05, 0.1) is 0 Å². The summed E-state index contributed by atoms with van der Waals surface area (Å²) in [5.41, 5.74) is 8.09. The molecule has 0 aliphatic carbocycles. The first-order valence-electron chi connectivity index (χ1n) is 6.21. The SMILES string of the molecule is CC(C)(C)OC(=O)C1NCCc2ccc(N)cc21. The molecule has 1 unspecified atom stereocenters. The number of fused-ring (bicyclic) bond motifs is 1. The van der Waals surface area contributed by atoms with Crippen LogP contribution < -0.4 is 11.1 Å². The molecular weight excluding hydrogens is 228 g/mol. The molecule has 4 nitrogen and oxygen atoms in total. The molecule has 0 bridgehead atoms. The second-order valence-electron chi connectivity index (χ2n) is 5.63. The van der Waals surface area contributed by atoms with Crippen LogP contribution in [0.1, 0.15) is 37.9 Å². The van der Waals surface area contributed by atoms with E-state index in [1.54, 1.807) is 0 Å². The topological polar surface area (TPSA) is 64.3 Å². The number of nitrogens with one attached hydrogen (secondary N) is 1. The van der Waals surface area contributed by atoms with Gasteiger partial charge >= 0.3 is 5.97 Å². The van der Waals surface area contributed by atoms with Gasteiger partial charge in [-0.25, -0.2) is 4.79 Å². The Morgan fingerprint density at radius 2 is 2.17 bits per heavy atom. The molecule has 1 aromatic carbocycles. The molecule has 98 valence electrons. The zero-order valence-electron chi connectivity index (χ0n) is 11.1. The number of esters is 1. The molecule has 0 fully saturated rings. The van der Waals surface area contributed by atoms with Gasteiger partial charge < -0.3 is 15.8 Å². The van der Waals surface area contributed by atoms with E-state index in [2.05, 4.69) is 5.32 Å². The molecule has 1 atom stereocenters. The summed E-state index contributed by atoms with van der Waals surface area (Å²) in [6, 6.07) is 5.31. The smallest absolute Gasteiger partial charge is 0.328 e. The normalized spacial score (nSPS) is 19.2. The van der Waals surface area contributed by atoms with Gasteiger partial charge in [-0.05, 0) is 50.5 Å². The Labute approximate surface area is 108 Å². The lowest BCUT2D eigenvalue weighted by Gasteiger charge is -2.29. The van der Waals surface area contributed by atoms with Gasteiger partial charge in [0.2, 0.25) is 0 Å². The zero-order chi connectivity index (χ0) is 13.3. The zero-order valence-corrected chi connectivity index (χ0v) is 11.1. The molecule has 4 heteroatoms. The van der Waals surface area contributed by atoms with E-state index in [9.17, 15) is 4.79 Å². The summed E-state index contributed by atoms with van der Waals surface area (Å²) in [6.07, 6.45) is 0.912. The summed E-state index contributed by atoms with van der Waals surface area (Å²) in [7, 11) is 0. The molecule has 0 aromatic heterocycles. The maximum atomic E-state index is 12.2. The van der Waals surface area contributed by atoms with E-state index in [0.717, 1.165) is 18.5 Å². The van der Waals surface area contributed by atoms with Crippen molar-refractivity contribution in [2.24, 2.45) is 0 Å². The highest BCUT2D eigenvalue weighted by atomic mass is 16.6. The Bertz CT molecular complexity index is 463. The van der Waals surface area contributed by atoms with Gasteiger partial charge in [-0.15, -0.1) is 0 Å². The van der Waals surface area contributed by atoms with Crippen molar-refractivity contribution in [2.75, 3.05) is 12.3 Å². The van der Waals surface area contributed by atoms with Gasteiger partial charge in [0, 0.05) is 12.2 Å². The first kappa shape index (κ1) is 12.9. The highest BCUT2D eigenvalue weighted by Gasteiger charge is 2.30. The van der Waals surface area contributed by atoms with E-state index < -0.39 is 11.6 Å². The van der Waals surface area contributed by atoms with Crippen LogP contribution >= 0.6 is 0 Å². The minimum absolute atomic E-state index is 0.242. The fourth-order valence-electron chi connectivity index (χ4n) is 2.14. The molecular formula is C14H20N2O2. The first-order chi connectivity index (χ1) is 8.37. The van der Waals surface area contributed by atoms with E-state index >= 15 is 0 Å². The van der Waals surface area contributed by atoms with E-state index in [1.165, 1.54) is 5.56 Å². The van der Waals surface area contributed by atoms with Crippen molar-refractivity contribution in [1.29, 1.82) is 0 Å². The predicted octanol–water partition coefficient (Wildman–Crippen LogP) is 1.80. The maximum absolute atomic E-state index is 12.2. The van der Waals surface area contributed by atoms with Gasteiger partial charge in [0.15, 0.2) is 0 Å². The van der Waals surface area contributed by atoms with E-state index in [0.29, 0.717) is 5.69 Å². The van der Waals surface area contributed by atoms with Crippen LogP contribution in [0.2, 0.25) is 0 Å². The van der Waals surface area contributed by atoms with Gasteiger partial charge in [0.1, 0.15) is 11.6 Å². The van der Waals surface area contributed by atoms with E-state index in [4.69, 9.17) is 10.5 Å². The summed E-state index contributed by atoms with van der Waals surface area (Å²) in [5.74, 6) is -0.242. The molecule has 1 aliphatic rings. The number of benzene rings is 1. The standard InChI is InChI=1S/C14H20N2O2/c1-14(2,3)18-13(17)12-11-8-10(15)5-4-9(11)6-7-16-12/h4-5,8,12,16H,6-7,15H2,1-3H3. The molecule has 0 amide bonds. The van der Waals surface area contributed by atoms with E-state index in [1.807, 2.05) is 39.0 Å². The number of hydrogen-bond acceptors (Lipinski definition) is 4. The van der Waals surface area contributed by atoms with Crippen molar-refractivity contribution in [1.82, 2.24) is 5.32 Å². The minimum atomic E-state index is -0.475. The molecule has 1 aliphatic heterocycles. The predicted molar refractivity (Wildman–Crippen MR) is 71.1 cm³/mol. The molecule has 0 saturated heterocycles. The Morgan fingerprint density at radius 3 is 2.83 bits per heavy atom. The summed E-state index contributed by atoms with van der Waals surface area (Å²) in [6.45, 7) is 6.39. The van der Waals surface area contributed by atoms with Crippen molar-refractivity contribution < 1.29 is 9.53 Å². The quantitative estimate of drug-likeness (QED) is 0.587. The first-order valence-corrected chi connectivity index (χ1v) is 6.21. The molecule has 1 heterocycles. The summed E-state index contributed by atoms with van der Waals surface area (Å²) < 4.78 is 5.43. The Morgan fingerprint density at radius 1 is 1.44 bits per heavy atom. The van der Waals surface area contributed by atoms with Crippen molar-refractivity contribution in [3.05, 3.63) is 29.3 Å². The number of anilines is 1. The van der Waals surface area contributed by atoms with Gasteiger partial charge in [-0.2, -0.15) is 0 Å². The Kier molecular flexibility index (Phi) is 3.30. The van der Waals surface area contributed by atoms with E-state index in [-0.39, 0.29) is 5.97 Å². The molecule has 3 N–H and O–H groups in total. The van der Waals surface area contributed by atoms with Crippen LogP contribution in [0.3, 0.4) is 0 Å². The fraction of sp³-hybridized carbons (Fsp3) is 0.500. The van der Waals surface area contributed by atoms with Gasteiger partial charge in [0.25, 0.3) is 0 Å². The van der Waals surface area contributed by atoms with Crippen LogP contribution in [0, 0.1) is 0 Å². The van der Waals surface area contributed by atoms with Crippen molar-refractivity contribution in [3.8, 4) is 0 Å². The van der Waals surface area contributed by atoms with Crippen LogP contribution in [0.5, 0.6) is 0 Å². The number of hydrogen-bond donors (Lipinski definition) is 2. The van der Waals surface area contributed by atoms with Gasteiger partial charge in [-0.3, -0.25) is 0 Å². The average Bonchev–Trinajstić information content (AvgIpc) is 2.25. The fourth-order valence-corrected chi connectivity index (χ4v) is 2.14. The molecule has 18 heavy (non-hydrogen) atoms. The van der Waals surface area contributed by atoms with Gasteiger partial charge in [-0.1, -0.05) is 6.07 Å². The maximum Gasteiger partial charge on any atom is 0.328 e. The highest BCUT2D eigenvalue weighted by Crippen LogP contribution is 2.27. The number of nitrogen functional groups attached to an aromatic ring is 1. The van der Waals surface area contributed by atoms with Crippen LogP contribution in [0.4, 0.5) is 5.69 Å². The summed E-state index contributed by atoms with van der Waals surface area (Å²) in [5, 5.41) is 3.19. The number of carbonyl (C=O) groups excluding carboxylic acids is 1. The lowest BCUT2D eigenvalue weighted by molar-refractivity contribution is -0.157. The van der Waals surface area contributed by atoms with Crippen molar-refractivity contribution in [3.63, 3.8) is 0 Å². The van der Waals surface area contributed by atoms with Crippen molar-refractivity contribution in [2.45, 2.75) is 38.8 Å². The molecule has 0 spiro atoms.